The minimum Gasteiger partial charge on any atom is -0.358 e. The summed E-state index contributed by atoms with van der Waals surface area (Å²) in [4.78, 5) is 11.7. The fourth-order valence-corrected chi connectivity index (χ4v) is 1.35. The van der Waals surface area contributed by atoms with Crippen molar-refractivity contribution in [2.75, 3.05) is 0 Å². The lowest BCUT2D eigenvalue weighted by Crippen LogP contribution is -2.13. The van der Waals surface area contributed by atoms with Crippen molar-refractivity contribution < 1.29 is 26.9 Å². The second kappa shape index (κ2) is 4.40. The number of alkyl halides is 5. The molecule has 4 nitrogen and oxygen atoms in total. The number of halogens is 6. The predicted molar refractivity (Wildman–Crippen MR) is 45.9 cm³/mol. The van der Waals surface area contributed by atoms with Crippen LogP contribution in [0, 0.1) is 10.1 Å². The van der Waals surface area contributed by atoms with E-state index in [2.05, 4.69) is 4.98 Å². The number of hydrogen-bond acceptors (Lipinski definition) is 3. The molecule has 0 aliphatic heterocycles. The number of nitro groups is 1. The summed E-state index contributed by atoms with van der Waals surface area (Å²) in [5.74, 6) is -1.17. The molecule has 0 saturated heterocycles. The second-order valence-corrected chi connectivity index (χ2v) is 3.19. The molecule has 0 atom stereocenters. The average Bonchev–Trinajstić information content (AvgIpc) is 2.13. The Balaban J connectivity index is 3.55. The normalized spacial score (nSPS) is 11.9. The highest BCUT2D eigenvalue weighted by Gasteiger charge is 2.43. The zero-order valence-corrected chi connectivity index (χ0v) is 8.39. The van der Waals surface area contributed by atoms with Crippen LogP contribution in [-0.2, 0) is 6.18 Å². The smallest absolute Gasteiger partial charge is 0.358 e. The molecule has 1 heterocycles. The quantitative estimate of drug-likeness (QED) is 0.471. The number of hydrogen-bond donors (Lipinski definition) is 0. The Kier molecular flexibility index (Phi) is 3.51. The molecule has 0 unspecified atom stereocenters. The van der Waals surface area contributed by atoms with E-state index in [0.29, 0.717) is 0 Å². The highest BCUT2D eigenvalue weighted by atomic mass is 35.5. The van der Waals surface area contributed by atoms with Gasteiger partial charge in [-0.25, -0.2) is 8.78 Å². The molecular formula is C7H2ClF5N2O2. The van der Waals surface area contributed by atoms with Crippen LogP contribution in [0.4, 0.5) is 27.8 Å². The summed E-state index contributed by atoms with van der Waals surface area (Å²) in [6, 6.07) is 0.274. The van der Waals surface area contributed by atoms with Gasteiger partial charge in [0.05, 0.1) is 11.1 Å². The van der Waals surface area contributed by atoms with Crippen LogP contribution in [0.25, 0.3) is 0 Å². The Labute approximate surface area is 95.2 Å². The summed E-state index contributed by atoms with van der Waals surface area (Å²) >= 11 is 5.11. The SMILES string of the molecule is O=[N+]([O-])c1cc(Cl)c(C(F)(F)F)c(C(F)F)n1. The molecule has 0 aromatic carbocycles. The molecule has 1 aromatic rings. The van der Waals surface area contributed by atoms with Crippen molar-refractivity contribution in [3.63, 3.8) is 0 Å². The van der Waals surface area contributed by atoms with Crippen molar-refractivity contribution in [1.82, 2.24) is 4.98 Å². The molecule has 0 aliphatic rings. The Bertz CT molecular complexity index is 462. The van der Waals surface area contributed by atoms with E-state index >= 15 is 0 Å². The third-order valence-corrected chi connectivity index (χ3v) is 1.96. The zero-order chi connectivity index (χ0) is 13.4. The standard InChI is InChI=1S/C7H2ClF5N2O2/c8-2-1-3(15(16)17)14-5(6(9)10)4(2)7(11,12)13/h1,6H. The fourth-order valence-electron chi connectivity index (χ4n) is 1.05. The summed E-state index contributed by atoms with van der Waals surface area (Å²) in [5, 5.41) is 9.06. The first-order valence-corrected chi connectivity index (χ1v) is 4.22. The minimum atomic E-state index is -5.16. The van der Waals surface area contributed by atoms with Crippen LogP contribution < -0.4 is 0 Å². The molecular weight excluding hydrogens is 275 g/mol. The van der Waals surface area contributed by atoms with Crippen molar-refractivity contribution in [3.8, 4) is 0 Å². The summed E-state index contributed by atoms with van der Waals surface area (Å²) in [6.07, 6.45) is -8.78. The molecule has 10 heteroatoms. The molecule has 0 saturated carbocycles. The summed E-state index contributed by atoms with van der Waals surface area (Å²) in [5.41, 5.74) is -3.61. The van der Waals surface area contributed by atoms with Gasteiger partial charge in [-0.1, -0.05) is 11.6 Å². The van der Waals surface area contributed by atoms with Gasteiger partial charge in [0.1, 0.15) is 5.56 Å². The number of pyridine rings is 1. The molecule has 0 fully saturated rings. The van der Waals surface area contributed by atoms with Crippen molar-refractivity contribution in [2.45, 2.75) is 12.6 Å². The van der Waals surface area contributed by atoms with Crippen LogP contribution >= 0.6 is 11.6 Å². The Morgan fingerprint density at radius 3 is 2.29 bits per heavy atom. The predicted octanol–water partition coefficient (Wildman–Crippen LogP) is 3.60. The molecule has 0 radical (unpaired) electrons. The van der Waals surface area contributed by atoms with E-state index in [9.17, 15) is 32.1 Å². The lowest BCUT2D eigenvalue weighted by atomic mass is 10.2. The first kappa shape index (κ1) is 13.6. The van der Waals surface area contributed by atoms with Crippen molar-refractivity contribution in [2.24, 2.45) is 0 Å². The number of rotatable bonds is 2. The fraction of sp³-hybridized carbons (Fsp3) is 0.286. The zero-order valence-electron chi connectivity index (χ0n) is 7.63. The van der Waals surface area contributed by atoms with E-state index < -0.39 is 39.6 Å². The topological polar surface area (TPSA) is 56.0 Å². The van der Waals surface area contributed by atoms with Gasteiger partial charge in [0.2, 0.25) is 5.69 Å². The third-order valence-electron chi connectivity index (χ3n) is 1.66. The number of aromatic nitrogens is 1. The Morgan fingerprint density at radius 2 is 1.94 bits per heavy atom. The van der Waals surface area contributed by atoms with Crippen molar-refractivity contribution >= 4 is 17.4 Å². The first-order chi connectivity index (χ1) is 7.64. The first-order valence-electron chi connectivity index (χ1n) is 3.84. The van der Waals surface area contributed by atoms with E-state index in [-0.39, 0.29) is 6.07 Å². The summed E-state index contributed by atoms with van der Waals surface area (Å²) < 4.78 is 61.8. The Hall–Kier alpha value is -1.51. The van der Waals surface area contributed by atoms with Gasteiger partial charge in [-0.05, 0) is 9.91 Å². The summed E-state index contributed by atoms with van der Waals surface area (Å²) in [7, 11) is 0. The maximum Gasteiger partial charge on any atom is 0.421 e. The van der Waals surface area contributed by atoms with E-state index in [0.717, 1.165) is 0 Å². The van der Waals surface area contributed by atoms with Gasteiger partial charge >= 0.3 is 18.4 Å². The molecule has 0 N–H and O–H groups in total. The van der Waals surface area contributed by atoms with Crippen LogP contribution in [0.5, 0.6) is 0 Å². The molecule has 0 bridgehead atoms. The van der Waals surface area contributed by atoms with Gasteiger partial charge in [-0.2, -0.15) is 13.2 Å². The molecule has 0 amide bonds. The Morgan fingerprint density at radius 1 is 1.41 bits per heavy atom. The van der Waals surface area contributed by atoms with E-state index in [4.69, 9.17) is 11.6 Å². The van der Waals surface area contributed by atoms with E-state index in [1.165, 1.54) is 0 Å². The van der Waals surface area contributed by atoms with Crippen LogP contribution in [0.1, 0.15) is 17.7 Å². The molecule has 17 heavy (non-hydrogen) atoms. The van der Waals surface area contributed by atoms with E-state index in [1.54, 1.807) is 0 Å². The van der Waals surface area contributed by atoms with E-state index in [1.807, 2.05) is 0 Å². The minimum absolute atomic E-state index is 0.274. The molecule has 1 rings (SSSR count). The van der Waals surface area contributed by atoms with Gasteiger partial charge in [-0.15, -0.1) is 0 Å². The van der Waals surface area contributed by atoms with Gasteiger partial charge in [0.25, 0.3) is 0 Å². The summed E-state index contributed by atoms with van der Waals surface area (Å²) in [6.45, 7) is 0. The van der Waals surface area contributed by atoms with Crippen LogP contribution in [0.3, 0.4) is 0 Å². The van der Waals surface area contributed by atoms with Crippen LogP contribution in [0.2, 0.25) is 5.02 Å². The van der Waals surface area contributed by atoms with Gasteiger partial charge < -0.3 is 10.1 Å². The molecule has 1 aromatic heterocycles. The maximum absolute atomic E-state index is 12.4. The second-order valence-electron chi connectivity index (χ2n) is 2.78. The van der Waals surface area contributed by atoms with Crippen molar-refractivity contribution in [3.05, 3.63) is 32.5 Å². The average molecular weight is 277 g/mol. The molecule has 0 spiro atoms. The van der Waals surface area contributed by atoms with Crippen LogP contribution in [-0.4, -0.2) is 9.91 Å². The lowest BCUT2D eigenvalue weighted by molar-refractivity contribution is -0.389. The largest absolute Gasteiger partial charge is 0.421 e. The number of nitrogens with zero attached hydrogens (tertiary/aromatic N) is 2. The van der Waals surface area contributed by atoms with Gasteiger partial charge in [0, 0.05) is 0 Å². The maximum atomic E-state index is 12.4. The monoisotopic (exact) mass is 276 g/mol. The molecule has 94 valence electrons. The van der Waals surface area contributed by atoms with Gasteiger partial charge in [0.15, 0.2) is 0 Å². The highest BCUT2D eigenvalue weighted by molar-refractivity contribution is 6.31. The van der Waals surface area contributed by atoms with Gasteiger partial charge in [-0.3, -0.25) is 0 Å². The van der Waals surface area contributed by atoms with Crippen LogP contribution in [0.15, 0.2) is 6.07 Å². The molecule has 0 aliphatic carbocycles. The lowest BCUT2D eigenvalue weighted by Gasteiger charge is -2.10. The highest BCUT2D eigenvalue weighted by Crippen LogP contribution is 2.41. The third kappa shape index (κ3) is 2.78. The van der Waals surface area contributed by atoms with Crippen molar-refractivity contribution in [1.29, 1.82) is 0 Å².